The van der Waals surface area contributed by atoms with E-state index in [0.717, 1.165) is 0 Å². The molecule has 0 spiro atoms. The molecule has 3 atom stereocenters. The molecule has 2 rings (SSSR count). The highest BCUT2D eigenvalue weighted by atomic mass is 19.1. The Kier molecular flexibility index (Phi) is 8.29. The molecule has 3 unspecified atom stereocenters. The number of aliphatic hydroxyl groups excluding tert-OH is 1. The number of amides is 1. The van der Waals surface area contributed by atoms with Crippen LogP contribution in [0.3, 0.4) is 0 Å². The minimum Gasteiger partial charge on any atom is -0.459 e. The van der Waals surface area contributed by atoms with E-state index in [9.17, 15) is 23.9 Å². The van der Waals surface area contributed by atoms with Crippen LogP contribution in [0.1, 0.15) is 27.6 Å². The monoisotopic (exact) mass is 403 g/mol. The fourth-order valence-electron chi connectivity index (χ4n) is 2.40. The third-order valence-corrected chi connectivity index (χ3v) is 3.94. The van der Waals surface area contributed by atoms with Gasteiger partial charge >= 0.3 is 11.9 Å². The lowest BCUT2D eigenvalue weighted by molar-refractivity contribution is -0.120. The number of ether oxygens (including phenoxy) is 2. The van der Waals surface area contributed by atoms with Crippen LogP contribution in [0.5, 0.6) is 0 Å². The van der Waals surface area contributed by atoms with E-state index in [2.05, 4.69) is 5.32 Å². The molecule has 0 bridgehead atoms. The molecule has 7 nitrogen and oxygen atoms in total. The van der Waals surface area contributed by atoms with Gasteiger partial charge in [0.05, 0.1) is 17.7 Å². The molecule has 2 aromatic carbocycles. The average molecular weight is 403 g/mol. The van der Waals surface area contributed by atoms with E-state index in [1.807, 2.05) is 0 Å². The number of rotatable bonds is 9. The van der Waals surface area contributed by atoms with Gasteiger partial charge in [0, 0.05) is 6.92 Å². The molecule has 0 radical (unpaired) electrons. The van der Waals surface area contributed by atoms with Crippen molar-refractivity contribution in [3.63, 3.8) is 0 Å². The van der Waals surface area contributed by atoms with Crippen LogP contribution in [-0.2, 0) is 14.3 Å². The lowest BCUT2D eigenvalue weighted by atomic mass is 10.1. The fraction of sp³-hybridized carbons (Fsp3) is 0.286. The first kappa shape index (κ1) is 22.0. The number of benzene rings is 2. The van der Waals surface area contributed by atoms with Gasteiger partial charge < -0.3 is 19.9 Å². The molecule has 0 aliphatic carbocycles. The second kappa shape index (κ2) is 10.9. The maximum Gasteiger partial charge on any atom is 0.338 e. The van der Waals surface area contributed by atoms with Crippen LogP contribution in [0.4, 0.5) is 4.39 Å². The summed E-state index contributed by atoms with van der Waals surface area (Å²) >= 11 is 0. The zero-order valence-electron chi connectivity index (χ0n) is 15.8. The molecule has 0 saturated heterocycles. The number of nitrogens with one attached hydrogen (secondary N) is 1. The van der Waals surface area contributed by atoms with Crippen molar-refractivity contribution >= 4 is 17.8 Å². The van der Waals surface area contributed by atoms with Crippen LogP contribution in [0.15, 0.2) is 60.7 Å². The summed E-state index contributed by atoms with van der Waals surface area (Å²) in [5.41, 5.74) is 0.443. The van der Waals surface area contributed by atoms with Crippen LogP contribution in [0.2, 0.25) is 0 Å². The Morgan fingerprint density at radius 3 is 2.00 bits per heavy atom. The summed E-state index contributed by atoms with van der Waals surface area (Å²) in [5, 5.41) is 12.4. The van der Waals surface area contributed by atoms with Crippen LogP contribution in [0, 0.1) is 0 Å². The number of esters is 2. The first-order valence-electron chi connectivity index (χ1n) is 8.93. The zero-order valence-corrected chi connectivity index (χ0v) is 15.8. The summed E-state index contributed by atoms with van der Waals surface area (Å²) in [6.07, 6.45) is -5.33. The summed E-state index contributed by atoms with van der Waals surface area (Å²) in [5.74, 6) is -1.99. The highest BCUT2D eigenvalue weighted by Crippen LogP contribution is 2.13. The summed E-state index contributed by atoms with van der Waals surface area (Å²) in [7, 11) is 0. The quantitative estimate of drug-likeness (QED) is 0.620. The first-order chi connectivity index (χ1) is 13.9. The van der Waals surface area contributed by atoms with Crippen molar-refractivity contribution < 1.29 is 33.4 Å². The van der Waals surface area contributed by atoms with Crippen LogP contribution < -0.4 is 5.32 Å². The van der Waals surface area contributed by atoms with E-state index in [0.29, 0.717) is 0 Å². The van der Waals surface area contributed by atoms with E-state index < -0.39 is 42.8 Å². The average Bonchev–Trinajstić information content (AvgIpc) is 2.75. The van der Waals surface area contributed by atoms with Crippen molar-refractivity contribution in [2.24, 2.45) is 0 Å². The van der Waals surface area contributed by atoms with Gasteiger partial charge in [-0.3, -0.25) is 4.79 Å². The third-order valence-electron chi connectivity index (χ3n) is 3.94. The second-order valence-corrected chi connectivity index (χ2v) is 6.22. The van der Waals surface area contributed by atoms with E-state index >= 15 is 0 Å². The Morgan fingerprint density at radius 2 is 1.48 bits per heavy atom. The fourth-order valence-corrected chi connectivity index (χ4v) is 2.40. The largest absolute Gasteiger partial charge is 0.459 e. The molecular weight excluding hydrogens is 381 g/mol. The molecule has 154 valence electrons. The molecule has 0 fully saturated rings. The molecule has 0 heterocycles. The van der Waals surface area contributed by atoms with E-state index in [4.69, 9.17) is 9.47 Å². The molecule has 0 aromatic heterocycles. The molecule has 29 heavy (non-hydrogen) atoms. The Hall–Kier alpha value is -3.26. The predicted octanol–water partition coefficient (Wildman–Crippen LogP) is 1.90. The lowest BCUT2D eigenvalue weighted by Gasteiger charge is -2.25. The molecule has 2 aromatic rings. The third kappa shape index (κ3) is 7.00. The number of carbonyl (C=O) groups excluding carboxylic acids is 3. The van der Waals surface area contributed by atoms with Crippen molar-refractivity contribution in [2.45, 2.75) is 25.3 Å². The van der Waals surface area contributed by atoms with Crippen molar-refractivity contribution in [1.29, 1.82) is 0 Å². The number of carbonyl (C=O) groups is 3. The second-order valence-electron chi connectivity index (χ2n) is 6.22. The molecule has 0 saturated carbocycles. The Bertz CT molecular complexity index is 814. The number of hydrogen-bond acceptors (Lipinski definition) is 6. The topological polar surface area (TPSA) is 102 Å². The molecule has 0 aliphatic heterocycles. The SMILES string of the molecule is CC(=O)NCC(OC(=O)c1ccccc1)C(F)C(O)COC(=O)c1ccccc1. The Labute approximate surface area is 167 Å². The Balaban J connectivity index is 1.99. The van der Waals surface area contributed by atoms with Crippen molar-refractivity contribution in [3.8, 4) is 0 Å². The number of alkyl halides is 1. The number of aliphatic hydroxyl groups is 1. The van der Waals surface area contributed by atoms with Crippen molar-refractivity contribution in [2.75, 3.05) is 13.2 Å². The van der Waals surface area contributed by atoms with Crippen LogP contribution >= 0.6 is 0 Å². The van der Waals surface area contributed by atoms with E-state index in [-0.39, 0.29) is 17.7 Å². The Morgan fingerprint density at radius 1 is 0.966 bits per heavy atom. The minimum atomic E-state index is -2.10. The van der Waals surface area contributed by atoms with Gasteiger partial charge in [-0.15, -0.1) is 0 Å². The van der Waals surface area contributed by atoms with Gasteiger partial charge in [-0.05, 0) is 24.3 Å². The molecule has 2 N–H and O–H groups in total. The lowest BCUT2D eigenvalue weighted by Crippen LogP contribution is -2.46. The highest BCUT2D eigenvalue weighted by Gasteiger charge is 2.33. The van der Waals surface area contributed by atoms with Gasteiger partial charge in [-0.25, -0.2) is 14.0 Å². The number of hydrogen-bond donors (Lipinski definition) is 2. The zero-order chi connectivity index (χ0) is 21.2. The summed E-state index contributed by atoms with van der Waals surface area (Å²) < 4.78 is 24.8. The van der Waals surface area contributed by atoms with E-state index in [1.165, 1.54) is 31.2 Å². The van der Waals surface area contributed by atoms with Gasteiger partial charge in [-0.1, -0.05) is 36.4 Å². The van der Waals surface area contributed by atoms with Gasteiger partial charge in [0.2, 0.25) is 5.91 Å². The van der Waals surface area contributed by atoms with Crippen molar-refractivity contribution in [3.05, 3.63) is 71.8 Å². The van der Waals surface area contributed by atoms with Crippen LogP contribution in [-0.4, -0.2) is 54.5 Å². The molecule has 0 aliphatic rings. The molecule has 1 amide bonds. The normalized spacial score (nSPS) is 13.6. The maximum absolute atomic E-state index is 14.8. The first-order valence-corrected chi connectivity index (χ1v) is 8.93. The van der Waals surface area contributed by atoms with Gasteiger partial charge in [0.1, 0.15) is 12.7 Å². The smallest absolute Gasteiger partial charge is 0.338 e. The van der Waals surface area contributed by atoms with Crippen LogP contribution in [0.25, 0.3) is 0 Å². The number of halogens is 1. The summed E-state index contributed by atoms with van der Waals surface area (Å²) in [6, 6.07) is 15.9. The van der Waals surface area contributed by atoms with Crippen molar-refractivity contribution in [1.82, 2.24) is 5.32 Å². The van der Waals surface area contributed by atoms with E-state index in [1.54, 1.807) is 36.4 Å². The summed E-state index contributed by atoms with van der Waals surface area (Å²) in [6.45, 7) is 0.231. The molecule has 8 heteroatoms. The standard InChI is InChI=1S/C21H22FNO6/c1-14(24)23-12-18(29-21(27)16-10-6-3-7-11-16)19(22)17(25)13-28-20(26)15-8-4-2-5-9-15/h2-11,17-19,25H,12-13H2,1H3,(H,23,24). The van der Waals surface area contributed by atoms with Gasteiger partial charge in [-0.2, -0.15) is 0 Å². The van der Waals surface area contributed by atoms with Gasteiger partial charge in [0.25, 0.3) is 0 Å². The maximum atomic E-state index is 14.8. The minimum absolute atomic E-state index is 0.192. The van der Waals surface area contributed by atoms with Gasteiger partial charge in [0.15, 0.2) is 12.3 Å². The summed E-state index contributed by atoms with van der Waals surface area (Å²) in [4.78, 5) is 35.3. The molecular formula is C21H22FNO6. The highest BCUT2D eigenvalue weighted by molar-refractivity contribution is 5.89. The predicted molar refractivity (Wildman–Crippen MR) is 102 cm³/mol.